The van der Waals surface area contributed by atoms with E-state index in [1.807, 2.05) is 38.1 Å². The van der Waals surface area contributed by atoms with Crippen molar-refractivity contribution < 1.29 is 4.79 Å². The standard InChI is InChI=1S/C16H27N3O/c1-6-11(2)9-12(3)18-16(20)13-7-8-15(19(4)5)14(17)10-13/h7-8,10-12H,6,9,17H2,1-5H3,(H,18,20). The van der Waals surface area contributed by atoms with Gasteiger partial charge in [0.1, 0.15) is 0 Å². The topological polar surface area (TPSA) is 58.4 Å². The Bertz CT molecular complexity index is 457. The Kier molecular flexibility index (Phi) is 5.86. The Morgan fingerprint density at radius 2 is 2.00 bits per heavy atom. The number of carbonyl (C=O) groups is 1. The van der Waals surface area contributed by atoms with Crippen LogP contribution in [0.2, 0.25) is 0 Å². The van der Waals surface area contributed by atoms with Crippen molar-refractivity contribution in [2.45, 2.75) is 39.7 Å². The van der Waals surface area contributed by atoms with Crippen molar-refractivity contribution in [3.8, 4) is 0 Å². The summed E-state index contributed by atoms with van der Waals surface area (Å²) in [6.07, 6.45) is 2.12. The number of amides is 1. The second-order valence-corrected chi connectivity index (χ2v) is 5.79. The number of hydrogen-bond acceptors (Lipinski definition) is 3. The van der Waals surface area contributed by atoms with E-state index in [2.05, 4.69) is 19.2 Å². The predicted octanol–water partition coefficient (Wildman–Crippen LogP) is 2.89. The van der Waals surface area contributed by atoms with Crippen LogP contribution in [-0.2, 0) is 0 Å². The van der Waals surface area contributed by atoms with E-state index in [1.54, 1.807) is 6.07 Å². The van der Waals surface area contributed by atoms with Gasteiger partial charge < -0.3 is 16.0 Å². The molecule has 3 N–H and O–H groups in total. The highest BCUT2D eigenvalue weighted by Crippen LogP contribution is 2.22. The zero-order valence-electron chi connectivity index (χ0n) is 13.2. The number of nitrogen functional groups attached to an aromatic ring is 1. The lowest BCUT2D eigenvalue weighted by atomic mass is 10.00. The first kappa shape index (κ1) is 16.3. The van der Waals surface area contributed by atoms with E-state index in [4.69, 9.17) is 5.73 Å². The minimum atomic E-state index is -0.0576. The number of nitrogens with one attached hydrogen (secondary N) is 1. The third kappa shape index (κ3) is 4.44. The molecule has 4 nitrogen and oxygen atoms in total. The average molecular weight is 277 g/mol. The average Bonchev–Trinajstić information content (AvgIpc) is 2.37. The molecule has 0 aliphatic heterocycles. The summed E-state index contributed by atoms with van der Waals surface area (Å²) in [6.45, 7) is 6.41. The third-order valence-corrected chi connectivity index (χ3v) is 3.60. The van der Waals surface area contributed by atoms with Gasteiger partial charge in [-0.25, -0.2) is 0 Å². The van der Waals surface area contributed by atoms with Crippen LogP contribution in [0.4, 0.5) is 11.4 Å². The summed E-state index contributed by atoms with van der Waals surface area (Å²) < 4.78 is 0. The minimum Gasteiger partial charge on any atom is -0.397 e. The number of benzene rings is 1. The molecular weight excluding hydrogens is 250 g/mol. The Balaban J connectivity index is 2.71. The van der Waals surface area contributed by atoms with Crippen LogP contribution in [-0.4, -0.2) is 26.0 Å². The molecule has 0 saturated carbocycles. The van der Waals surface area contributed by atoms with Crippen LogP contribution in [0.5, 0.6) is 0 Å². The van der Waals surface area contributed by atoms with E-state index >= 15 is 0 Å². The normalized spacial score (nSPS) is 13.7. The second-order valence-electron chi connectivity index (χ2n) is 5.79. The van der Waals surface area contributed by atoms with Gasteiger partial charge >= 0.3 is 0 Å². The zero-order valence-corrected chi connectivity index (χ0v) is 13.2. The molecule has 0 fully saturated rings. The highest BCUT2D eigenvalue weighted by molar-refractivity contribution is 5.96. The van der Waals surface area contributed by atoms with Crippen LogP contribution in [0, 0.1) is 5.92 Å². The maximum Gasteiger partial charge on any atom is 0.251 e. The summed E-state index contributed by atoms with van der Waals surface area (Å²) in [5, 5.41) is 3.03. The Morgan fingerprint density at radius 3 is 2.50 bits per heavy atom. The number of carbonyl (C=O) groups excluding carboxylic acids is 1. The van der Waals surface area contributed by atoms with Gasteiger partial charge in [0.25, 0.3) is 5.91 Å². The van der Waals surface area contributed by atoms with E-state index in [-0.39, 0.29) is 11.9 Å². The van der Waals surface area contributed by atoms with Gasteiger partial charge in [-0.3, -0.25) is 4.79 Å². The first-order valence-electron chi connectivity index (χ1n) is 7.22. The molecule has 112 valence electrons. The maximum atomic E-state index is 12.2. The molecule has 0 heterocycles. The summed E-state index contributed by atoms with van der Waals surface area (Å²) in [5.41, 5.74) is 8.13. The third-order valence-electron chi connectivity index (χ3n) is 3.60. The van der Waals surface area contributed by atoms with Crippen molar-refractivity contribution in [1.29, 1.82) is 0 Å². The highest BCUT2D eigenvalue weighted by atomic mass is 16.1. The van der Waals surface area contributed by atoms with E-state index in [9.17, 15) is 4.79 Å². The number of rotatable bonds is 6. The van der Waals surface area contributed by atoms with Gasteiger partial charge in [-0.15, -0.1) is 0 Å². The van der Waals surface area contributed by atoms with Gasteiger partial charge in [0.2, 0.25) is 0 Å². The van der Waals surface area contributed by atoms with Crippen LogP contribution < -0.4 is 16.0 Å². The maximum absolute atomic E-state index is 12.2. The van der Waals surface area contributed by atoms with Gasteiger partial charge in [-0.2, -0.15) is 0 Å². The first-order valence-corrected chi connectivity index (χ1v) is 7.22. The molecule has 0 aromatic heterocycles. The number of nitrogens with two attached hydrogens (primary N) is 1. The number of hydrogen-bond donors (Lipinski definition) is 2. The minimum absolute atomic E-state index is 0.0576. The Morgan fingerprint density at radius 1 is 1.35 bits per heavy atom. The highest BCUT2D eigenvalue weighted by Gasteiger charge is 2.13. The molecule has 4 heteroatoms. The fraction of sp³-hybridized carbons (Fsp3) is 0.562. The molecule has 0 aliphatic rings. The fourth-order valence-electron chi connectivity index (χ4n) is 2.24. The van der Waals surface area contributed by atoms with Gasteiger partial charge in [-0.1, -0.05) is 20.3 Å². The van der Waals surface area contributed by atoms with Crippen molar-refractivity contribution in [2.75, 3.05) is 24.7 Å². The Labute approximate surface area is 122 Å². The lowest BCUT2D eigenvalue weighted by Gasteiger charge is -2.19. The van der Waals surface area contributed by atoms with Crippen LogP contribution in [0.25, 0.3) is 0 Å². The first-order chi connectivity index (χ1) is 9.35. The molecule has 2 unspecified atom stereocenters. The van der Waals surface area contributed by atoms with Crippen LogP contribution in [0.1, 0.15) is 44.0 Å². The zero-order chi connectivity index (χ0) is 15.3. The van der Waals surface area contributed by atoms with E-state index in [0.717, 1.165) is 18.5 Å². The van der Waals surface area contributed by atoms with Crippen molar-refractivity contribution >= 4 is 17.3 Å². The molecule has 20 heavy (non-hydrogen) atoms. The molecule has 2 atom stereocenters. The van der Waals surface area contributed by atoms with Crippen molar-refractivity contribution in [3.05, 3.63) is 23.8 Å². The smallest absolute Gasteiger partial charge is 0.251 e. The van der Waals surface area contributed by atoms with Gasteiger partial charge in [0.05, 0.1) is 11.4 Å². The van der Waals surface area contributed by atoms with Gasteiger partial charge in [0, 0.05) is 25.7 Å². The van der Waals surface area contributed by atoms with Crippen molar-refractivity contribution in [1.82, 2.24) is 5.32 Å². The molecular formula is C16H27N3O. The molecule has 1 amide bonds. The molecule has 1 aromatic rings. The summed E-state index contributed by atoms with van der Waals surface area (Å²) in [6, 6.07) is 5.61. The summed E-state index contributed by atoms with van der Waals surface area (Å²) in [4.78, 5) is 14.1. The second kappa shape index (κ2) is 7.17. The summed E-state index contributed by atoms with van der Waals surface area (Å²) in [7, 11) is 3.86. The molecule has 0 spiro atoms. The monoisotopic (exact) mass is 277 g/mol. The lowest BCUT2D eigenvalue weighted by Crippen LogP contribution is -2.33. The van der Waals surface area contributed by atoms with Gasteiger partial charge in [0.15, 0.2) is 0 Å². The summed E-state index contributed by atoms with van der Waals surface area (Å²) in [5.74, 6) is 0.560. The Hall–Kier alpha value is -1.71. The largest absolute Gasteiger partial charge is 0.397 e. The molecule has 1 rings (SSSR count). The SMILES string of the molecule is CCC(C)CC(C)NC(=O)c1ccc(N(C)C)c(N)c1. The fourth-order valence-corrected chi connectivity index (χ4v) is 2.24. The molecule has 1 aromatic carbocycles. The number of anilines is 2. The van der Waals surface area contributed by atoms with E-state index in [0.29, 0.717) is 17.2 Å². The quantitative estimate of drug-likeness (QED) is 0.786. The van der Waals surface area contributed by atoms with E-state index < -0.39 is 0 Å². The lowest BCUT2D eigenvalue weighted by molar-refractivity contribution is 0.0935. The molecule has 0 radical (unpaired) electrons. The number of nitrogens with zero attached hydrogens (tertiary/aromatic N) is 1. The predicted molar refractivity (Wildman–Crippen MR) is 86.2 cm³/mol. The van der Waals surface area contributed by atoms with Crippen molar-refractivity contribution in [3.63, 3.8) is 0 Å². The van der Waals surface area contributed by atoms with Crippen LogP contribution in [0.3, 0.4) is 0 Å². The summed E-state index contributed by atoms with van der Waals surface area (Å²) >= 11 is 0. The molecule has 0 aliphatic carbocycles. The van der Waals surface area contributed by atoms with Gasteiger partial charge in [-0.05, 0) is 37.5 Å². The molecule has 0 saturated heterocycles. The van der Waals surface area contributed by atoms with Crippen LogP contribution >= 0.6 is 0 Å². The van der Waals surface area contributed by atoms with Crippen LogP contribution in [0.15, 0.2) is 18.2 Å². The molecule has 0 bridgehead atoms. The van der Waals surface area contributed by atoms with E-state index in [1.165, 1.54) is 0 Å². The van der Waals surface area contributed by atoms with Crippen molar-refractivity contribution in [2.24, 2.45) is 5.92 Å².